The summed E-state index contributed by atoms with van der Waals surface area (Å²) in [6, 6.07) is 18.4. The van der Waals surface area contributed by atoms with Gasteiger partial charge in [0, 0.05) is 6.54 Å². The third-order valence-corrected chi connectivity index (χ3v) is 6.36. The SMILES string of the molecule is NC(=O)c1cc2c(c(C(=O)NCc3ccccc3)c1C(=O)Nc1cnc3ccccc3n1)CCCC2. The summed E-state index contributed by atoms with van der Waals surface area (Å²) >= 11 is 0. The van der Waals surface area contributed by atoms with Crippen LogP contribution in [0.1, 0.15) is 60.6 Å². The molecule has 3 aromatic carbocycles. The number of nitrogens with zero attached hydrogens (tertiary/aromatic N) is 2. The second-order valence-electron chi connectivity index (χ2n) is 8.75. The fraction of sp³-hybridized carbons (Fsp3) is 0.179. The fourth-order valence-electron chi connectivity index (χ4n) is 4.65. The number of amides is 3. The maximum atomic E-state index is 13.6. The molecule has 1 aliphatic rings. The van der Waals surface area contributed by atoms with Gasteiger partial charge in [-0.05, 0) is 60.6 Å². The largest absolute Gasteiger partial charge is 0.366 e. The molecule has 4 aromatic rings. The number of nitrogens with two attached hydrogens (primary N) is 1. The number of carbonyl (C=O) groups excluding carboxylic acids is 3. The molecule has 0 radical (unpaired) electrons. The van der Waals surface area contributed by atoms with E-state index in [4.69, 9.17) is 5.73 Å². The Morgan fingerprint density at radius 1 is 0.861 bits per heavy atom. The molecule has 4 N–H and O–H groups in total. The van der Waals surface area contributed by atoms with Crippen molar-refractivity contribution in [3.63, 3.8) is 0 Å². The van der Waals surface area contributed by atoms with Gasteiger partial charge < -0.3 is 16.4 Å². The molecule has 3 amide bonds. The molecule has 0 saturated carbocycles. The van der Waals surface area contributed by atoms with Gasteiger partial charge in [-0.25, -0.2) is 4.98 Å². The van der Waals surface area contributed by atoms with Gasteiger partial charge in [0.2, 0.25) is 5.91 Å². The van der Waals surface area contributed by atoms with E-state index in [1.807, 2.05) is 48.5 Å². The normalized spacial score (nSPS) is 12.6. The predicted molar refractivity (Wildman–Crippen MR) is 137 cm³/mol. The first-order valence-electron chi connectivity index (χ1n) is 11.8. The number of fused-ring (bicyclic) bond motifs is 2. The van der Waals surface area contributed by atoms with E-state index in [1.165, 1.54) is 6.20 Å². The lowest BCUT2D eigenvalue weighted by Gasteiger charge is -2.23. The highest BCUT2D eigenvalue weighted by atomic mass is 16.2. The highest BCUT2D eigenvalue weighted by Crippen LogP contribution is 2.31. The van der Waals surface area contributed by atoms with Crippen molar-refractivity contribution in [3.8, 4) is 0 Å². The van der Waals surface area contributed by atoms with Crippen LogP contribution in [0.4, 0.5) is 5.82 Å². The van der Waals surface area contributed by atoms with E-state index >= 15 is 0 Å². The summed E-state index contributed by atoms with van der Waals surface area (Å²) in [5.74, 6) is -1.61. The Morgan fingerprint density at radius 2 is 1.58 bits per heavy atom. The van der Waals surface area contributed by atoms with Gasteiger partial charge in [-0.3, -0.25) is 19.4 Å². The smallest absolute Gasteiger partial charge is 0.258 e. The van der Waals surface area contributed by atoms with Gasteiger partial charge in [0.05, 0.1) is 33.9 Å². The molecule has 0 fully saturated rings. The van der Waals surface area contributed by atoms with Crippen molar-refractivity contribution in [2.75, 3.05) is 5.32 Å². The van der Waals surface area contributed by atoms with Gasteiger partial charge in [-0.2, -0.15) is 0 Å². The molecule has 1 aliphatic carbocycles. The van der Waals surface area contributed by atoms with Crippen molar-refractivity contribution in [3.05, 3.63) is 100 Å². The molecule has 8 heteroatoms. The second-order valence-corrected chi connectivity index (χ2v) is 8.75. The summed E-state index contributed by atoms with van der Waals surface area (Å²) in [6.45, 7) is 0.284. The first-order valence-corrected chi connectivity index (χ1v) is 11.8. The topological polar surface area (TPSA) is 127 Å². The van der Waals surface area contributed by atoms with Gasteiger partial charge in [0.15, 0.2) is 5.82 Å². The molecule has 1 aromatic heterocycles. The van der Waals surface area contributed by atoms with Gasteiger partial charge in [0.1, 0.15) is 0 Å². The van der Waals surface area contributed by atoms with Crippen LogP contribution in [0.5, 0.6) is 0 Å². The molecule has 1 heterocycles. The number of hydrogen-bond acceptors (Lipinski definition) is 5. The van der Waals surface area contributed by atoms with Crippen LogP contribution >= 0.6 is 0 Å². The van der Waals surface area contributed by atoms with Crippen LogP contribution in [-0.4, -0.2) is 27.7 Å². The lowest BCUT2D eigenvalue weighted by Crippen LogP contribution is -2.32. The number of aromatic nitrogens is 2. The van der Waals surface area contributed by atoms with Crippen molar-refractivity contribution in [1.82, 2.24) is 15.3 Å². The van der Waals surface area contributed by atoms with Crippen LogP contribution in [0.15, 0.2) is 66.9 Å². The van der Waals surface area contributed by atoms with Gasteiger partial charge in [0.25, 0.3) is 11.8 Å². The van der Waals surface area contributed by atoms with E-state index in [0.717, 1.165) is 29.5 Å². The van der Waals surface area contributed by atoms with E-state index in [0.29, 0.717) is 23.9 Å². The van der Waals surface area contributed by atoms with Crippen LogP contribution in [0, 0.1) is 0 Å². The lowest BCUT2D eigenvalue weighted by molar-refractivity contribution is 0.0934. The average Bonchev–Trinajstić information content (AvgIpc) is 2.91. The Labute approximate surface area is 208 Å². The van der Waals surface area contributed by atoms with Crippen LogP contribution in [0.25, 0.3) is 11.0 Å². The molecule has 0 unspecified atom stereocenters. The molecule has 0 spiro atoms. The summed E-state index contributed by atoms with van der Waals surface area (Å²) in [5, 5.41) is 5.64. The summed E-state index contributed by atoms with van der Waals surface area (Å²) in [4.78, 5) is 48.4. The molecule has 0 aliphatic heterocycles. The average molecular weight is 480 g/mol. The molecule has 0 bridgehead atoms. The predicted octanol–water partition coefficient (Wildman–Crippen LogP) is 3.79. The first kappa shape index (κ1) is 23.2. The van der Waals surface area contributed by atoms with Crippen LogP contribution in [0.2, 0.25) is 0 Å². The number of anilines is 1. The van der Waals surface area contributed by atoms with Crippen molar-refractivity contribution in [2.45, 2.75) is 32.2 Å². The number of benzene rings is 3. The molecule has 36 heavy (non-hydrogen) atoms. The van der Waals surface area contributed by atoms with Crippen LogP contribution < -0.4 is 16.4 Å². The Balaban J connectivity index is 1.56. The zero-order valence-corrected chi connectivity index (χ0v) is 19.6. The van der Waals surface area contributed by atoms with Crippen molar-refractivity contribution in [2.24, 2.45) is 5.73 Å². The van der Waals surface area contributed by atoms with E-state index in [1.54, 1.807) is 12.1 Å². The summed E-state index contributed by atoms with van der Waals surface area (Å²) in [6.07, 6.45) is 4.62. The number of primary amides is 1. The number of rotatable bonds is 6. The van der Waals surface area contributed by atoms with Crippen molar-refractivity contribution >= 4 is 34.6 Å². The van der Waals surface area contributed by atoms with Gasteiger partial charge >= 0.3 is 0 Å². The molecular formula is C28H25N5O3. The Kier molecular flexibility index (Phi) is 6.40. The summed E-state index contributed by atoms with van der Waals surface area (Å²) in [7, 11) is 0. The van der Waals surface area contributed by atoms with Crippen molar-refractivity contribution in [1.29, 1.82) is 0 Å². The van der Waals surface area contributed by atoms with Crippen molar-refractivity contribution < 1.29 is 14.4 Å². The van der Waals surface area contributed by atoms with E-state index in [-0.39, 0.29) is 29.1 Å². The maximum Gasteiger partial charge on any atom is 0.258 e. The number of aryl methyl sites for hydroxylation is 1. The second kappa shape index (κ2) is 9.95. The van der Waals surface area contributed by atoms with E-state index in [2.05, 4.69) is 20.6 Å². The van der Waals surface area contributed by atoms with Gasteiger partial charge in [-0.15, -0.1) is 0 Å². The fourth-order valence-corrected chi connectivity index (χ4v) is 4.65. The monoisotopic (exact) mass is 479 g/mol. The van der Waals surface area contributed by atoms with E-state index in [9.17, 15) is 14.4 Å². The minimum absolute atomic E-state index is 0.0201. The highest BCUT2D eigenvalue weighted by Gasteiger charge is 2.30. The van der Waals surface area contributed by atoms with Crippen LogP contribution in [-0.2, 0) is 19.4 Å². The zero-order chi connectivity index (χ0) is 25.1. The Bertz CT molecular complexity index is 1480. The standard InChI is InChI=1S/C28H25N5O3/c29-26(34)20-14-18-10-4-5-11-19(18)24(27(35)31-15-17-8-2-1-3-9-17)25(20)28(36)33-23-16-30-21-12-6-7-13-22(21)32-23/h1-3,6-9,12-14,16H,4-5,10-11,15H2,(H2,29,34)(H,31,35)(H,32,33,36). The quantitative estimate of drug-likeness (QED) is 0.388. The molecular weight excluding hydrogens is 454 g/mol. The lowest BCUT2D eigenvalue weighted by atomic mass is 9.82. The first-order chi connectivity index (χ1) is 17.5. The molecule has 5 rings (SSSR count). The van der Waals surface area contributed by atoms with E-state index < -0.39 is 17.7 Å². The third kappa shape index (κ3) is 4.65. The Morgan fingerprint density at radius 3 is 2.36 bits per heavy atom. The third-order valence-electron chi connectivity index (χ3n) is 6.36. The maximum absolute atomic E-state index is 13.6. The highest BCUT2D eigenvalue weighted by molar-refractivity contribution is 6.18. The molecule has 0 atom stereocenters. The molecule has 8 nitrogen and oxygen atoms in total. The van der Waals surface area contributed by atoms with Crippen LogP contribution in [0.3, 0.4) is 0 Å². The molecule has 180 valence electrons. The minimum Gasteiger partial charge on any atom is -0.366 e. The van der Waals surface area contributed by atoms with Gasteiger partial charge in [-0.1, -0.05) is 42.5 Å². The number of nitrogens with one attached hydrogen (secondary N) is 2. The number of para-hydroxylation sites is 2. The Hall–Kier alpha value is -4.59. The summed E-state index contributed by atoms with van der Waals surface area (Å²) in [5.41, 5.74) is 9.76. The zero-order valence-electron chi connectivity index (χ0n) is 19.6. The summed E-state index contributed by atoms with van der Waals surface area (Å²) < 4.78 is 0. The molecule has 0 saturated heterocycles. The number of carbonyl (C=O) groups is 3. The number of hydrogen-bond donors (Lipinski definition) is 3. The minimum atomic E-state index is -0.768.